The molecule has 21 heavy (non-hydrogen) atoms. The maximum Gasteiger partial charge on any atom is 0.311 e. The van der Waals surface area contributed by atoms with Gasteiger partial charge in [0.15, 0.2) is 0 Å². The van der Waals surface area contributed by atoms with Crippen LogP contribution in [0.3, 0.4) is 0 Å². The summed E-state index contributed by atoms with van der Waals surface area (Å²) in [5.41, 5.74) is 0.758. The zero-order chi connectivity index (χ0) is 15.7. The van der Waals surface area contributed by atoms with Gasteiger partial charge >= 0.3 is 11.8 Å². The molecule has 5 heteroatoms. The third-order valence-electron chi connectivity index (χ3n) is 3.12. The van der Waals surface area contributed by atoms with E-state index >= 15 is 0 Å². The highest BCUT2D eigenvalue weighted by Gasteiger charge is 2.20. The van der Waals surface area contributed by atoms with E-state index in [4.69, 9.17) is 0 Å². The summed E-state index contributed by atoms with van der Waals surface area (Å²) in [5, 5.41) is 2.58. The van der Waals surface area contributed by atoms with E-state index in [1.807, 2.05) is 13.8 Å². The molecule has 0 spiro atoms. The Balaban J connectivity index is 2.51. The second-order valence-corrected chi connectivity index (χ2v) is 4.95. The van der Waals surface area contributed by atoms with Crippen LogP contribution in [0.4, 0.5) is 4.39 Å². The number of hydrogen-bond donors (Lipinski definition) is 1. The lowest BCUT2D eigenvalue weighted by Gasteiger charge is -2.21. The minimum atomic E-state index is -0.608. The molecule has 0 aliphatic rings. The normalized spacial score (nSPS) is 10.2. The van der Waals surface area contributed by atoms with E-state index in [9.17, 15) is 14.0 Å². The Labute approximate surface area is 125 Å². The molecule has 1 aromatic rings. The number of benzene rings is 1. The lowest BCUT2D eigenvalue weighted by atomic mass is 10.2. The predicted molar refractivity (Wildman–Crippen MR) is 80.0 cm³/mol. The minimum absolute atomic E-state index is 0.221. The molecule has 0 fully saturated rings. The largest absolute Gasteiger partial charge is 0.344 e. The quantitative estimate of drug-likeness (QED) is 0.785. The van der Waals surface area contributed by atoms with Crippen LogP contribution in [0.2, 0.25) is 0 Å². The van der Waals surface area contributed by atoms with Crippen LogP contribution in [-0.4, -0.2) is 29.8 Å². The molecule has 116 valence electrons. The van der Waals surface area contributed by atoms with Gasteiger partial charge in [-0.05, 0) is 30.5 Å². The first-order chi connectivity index (χ1) is 10.1. The Morgan fingerprint density at radius 3 is 2.33 bits per heavy atom. The Morgan fingerprint density at radius 2 is 1.76 bits per heavy atom. The summed E-state index contributed by atoms with van der Waals surface area (Å²) in [6.45, 7) is 5.43. The van der Waals surface area contributed by atoms with E-state index < -0.39 is 11.8 Å². The standard InChI is InChI=1S/C16H23FN2O2/c1-3-5-11-19(10-4-2)16(21)15(20)18-12-13-6-8-14(17)9-7-13/h6-9H,3-5,10-12H2,1-2H3,(H,18,20). The van der Waals surface area contributed by atoms with Crippen molar-refractivity contribution >= 4 is 11.8 Å². The highest BCUT2D eigenvalue weighted by atomic mass is 19.1. The fourth-order valence-corrected chi connectivity index (χ4v) is 1.94. The number of rotatable bonds is 7. The van der Waals surface area contributed by atoms with Gasteiger partial charge in [0.05, 0.1) is 0 Å². The van der Waals surface area contributed by atoms with Gasteiger partial charge in [0, 0.05) is 19.6 Å². The summed E-state index contributed by atoms with van der Waals surface area (Å²) >= 11 is 0. The van der Waals surface area contributed by atoms with Crippen LogP contribution >= 0.6 is 0 Å². The van der Waals surface area contributed by atoms with Crippen LogP contribution in [0.15, 0.2) is 24.3 Å². The second-order valence-electron chi connectivity index (χ2n) is 4.95. The second kappa shape index (κ2) is 9.10. The van der Waals surface area contributed by atoms with Gasteiger partial charge in [0.1, 0.15) is 5.82 Å². The van der Waals surface area contributed by atoms with Crippen molar-refractivity contribution in [1.29, 1.82) is 0 Å². The molecule has 4 nitrogen and oxygen atoms in total. The first kappa shape index (κ1) is 17.1. The molecular formula is C16H23FN2O2. The summed E-state index contributed by atoms with van der Waals surface area (Å²) in [5.74, 6) is -1.42. The van der Waals surface area contributed by atoms with Crippen LogP contribution in [0.5, 0.6) is 0 Å². The van der Waals surface area contributed by atoms with Crippen molar-refractivity contribution in [2.75, 3.05) is 13.1 Å². The van der Waals surface area contributed by atoms with Crippen molar-refractivity contribution in [1.82, 2.24) is 10.2 Å². The number of halogens is 1. The highest BCUT2D eigenvalue weighted by Crippen LogP contribution is 2.03. The Bertz CT molecular complexity index is 460. The van der Waals surface area contributed by atoms with Crippen LogP contribution in [0.1, 0.15) is 38.7 Å². The fourth-order valence-electron chi connectivity index (χ4n) is 1.94. The maximum atomic E-state index is 12.8. The van der Waals surface area contributed by atoms with Crippen LogP contribution in [0.25, 0.3) is 0 Å². The smallest absolute Gasteiger partial charge is 0.311 e. The summed E-state index contributed by atoms with van der Waals surface area (Å²) < 4.78 is 12.8. The number of unbranched alkanes of at least 4 members (excludes halogenated alkanes) is 1. The number of nitrogens with one attached hydrogen (secondary N) is 1. The summed E-state index contributed by atoms with van der Waals surface area (Å²) in [7, 11) is 0. The molecule has 0 saturated heterocycles. The molecule has 1 N–H and O–H groups in total. The first-order valence-corrected chi connectivity index (χ1v) is 7.40. The number of hydrogen-bond acceptors (Lipinski definition) is 2. The van der Waals surface area contributed by atoms with Crippen molar-refractivity contribution in [2.45, 2.75) is 39.7 Å². The molecule has 0 bridgehead atoms. The number of carbonyl (C=O) groups is 2. The van der Waals surface area contributed by atoms with Gasteiger partial charge in [0.2, 0.25) is 0 Å². The third-order valence-corrected chi connectivity index (χ3v) is 3.12. The summed E-state index contributed by atoms with van der Waals surface area (Å²) in [6.07, 6.45) is 2.68. The van der Waals surface area contributed by atoms with Gasteiger partial charge < -0.3 is 10.2 Å². The molecule has 0 radical (unpaired) electrons. The zero-order valence-corrected chi connectivity index (χ0v) is 12.7. The molecule has 1 aromatic carbocycles. The van der Waals surface area contributed by atoms with Gasteiger partial charge in [-0.2, -0.15) is 0 Å². The summed E-state index contributed by atoms with van der Waals surface area (Å²) in [4.78, 5) is 25.5. The van der Waals surface area contributed by atoms with E-state index in [1.54, 1.807) is 17.0 Å². The molecule has 0 aromatic heterocycles. The Kier molecular flexibility index (Phi) is 7.43. The molecule has 1 rings (SSSR count). The average molecular weight is 294 g/mol. The number of carbonyl (C=O) groups excluding carboxylic acids is 2. The van der Waals surface area contributed by atoms with Crippen LogP contribution in [-0.2, 0) is 16.1 Å². The van der Waals surface area contributed by atoms with E-state index in [2.05, 4.69) is 5.32 Å². The van der Waals surface area contributed by atoms with Crippen molar-refractivity contribution in [3.05, 3.63) is 35.6 Å². The molecule has 0 atom stereocenters. The van der Waals surface area contributed by atoms with E-state index in [1.165, 1.54) is 12.1 Å². The minimum Gasteiger partial charge on any atom is -0.344 e. The van der Waals surface area contributed by atoms with E-state index in [0.29, 0.717) is 13.1 Å². The Hall–Kier alpha value is -1.91. The van der Waals surface area contributed by atoms with Crippen molar-refractivity contribution in [3.63, 3.8) is 0 Å². The monoisotopic (exact) mass is 294 g/mol. The first-order valence-electron chi connectivity index (χ1n) is 7.40. The SMILES string of the molecule is CCCCN(CCC)C(=O)C(=O)NCc1ccc(F)cc1. The molecule has 0 aliphatic heterocycles. The van der Waals surface area contributed by atoms with E-state index in [0.717, 1.165) is 24.8 Å². The van der Waals surface area contributed by atoms with Crippen molar-refractivity contribution in [3.8, 4) is 0 Å². The van der Waals surface area contributed by atoms with Gasteiger partial charge in [0.25, 0.3) is 0 Å². The zero-order valence-electron chi connectivity index (χ0n) is 12.7. The van der Waals surface area contributed by atoms with Gasteiger partial charge in [-0.1, -0.05) is 32.4 Å². The lowest BCUT2D eigenvalue weighted by molar-refractivity contribution is -0.146. The van der Waals surface area contributed by atoms with Gasteiger partial charge in [-0.15, -0.1) is 0 Å². The van der Waals surface area contributed by atoms with Crippen molar-refractivity contribution < 1.29 is 14.0 Å². The maximum absolute atomic E-state index is 12.8. The van der Waals surface area contributed by atoms with Crippen molar-refractivity contribution in [2.24, 2.45) is 0 Å². The van der Waals surface area contributed by atoms with Gasteiger partial charge in [-0.25, -0.2) is 4.39 Å². The number of amides is 2. The molecule has 2 amide bonds. The predicted octanol–water partition coefficient (Wildman–Crippen LogP) is 2.48. The molecular weight excluding hydrogens is 271 g/mol. The van der Waals surface area contributed by atoms with E-state index in [-0.39, 0.29) is 12.4 Å². The molecule has 0 aliphatic carbocycles. The van der Waals surface area contributed by atoms with Crippen LogP contribution < -0.4 is 5.32 Å². The lowest BCUT2D eigenvalue weighted by Crippen LogP contribution is -2.43. The highest BCUT2D eigenvalue weighted by molar-refractivity contribution is 6.34. The third kappa shape index (κ3) is 5.94. The van der Waals surface area contributed by atoms with Gasteiger partial charge in [-0.3, -0.25) is 9.59 Å². The topological polar surface area (TPSA) is 49.4 Å². The average Bonchev–Trinajstić information content (AvgIpc) is 2.50. The molecule has 0 saturated carbocycles. The summed E-state index contributed by atoms with van der Waals surface area (Å²) in [6, 6.07) is 5.82. The number of nitrogens with zero attached hydrogens (tertiary/aromatic N) is 1. The Morgan fingerprint density at radius 1 is 1.10 bits per heavy atom. The van der Waals surface area contributed by atoms with Crippen LogP contribution in [0, 0.1) is 5.82 Å². The molecule has 0 unspecified atom stereocenters. The molecule has 0 heterocycles. The fraction of sp³-hybridized carbons (Fsp3) is 0.500.